The molecule has 0 spiro atoms. The molecule has 1 heterocycles. The van der Waals surface area contributed by atoms with Crippen LogP contribution in [0.3, 0.4) is 0 Å². The molecule has 1 fully saturated rings. The lowest BCUT2D eigenvalue weighted by Gasteiger charge is -2.26. The highest BCUT2D eigenvalue weighted by atomic mass is 35.5. The topological polar surface area (TPSA) is 105 Å². The molecule has 0 atom stereocenters. The quantitative estimate of drug-likeness (QED) is 0.707. The van der Waals surface area contributed by atoms with Crippen molar-refractivity contribution in [2.24, 2.45) is 0 Å². The van der Waals surface area contributed by atoms with Crippen molar-refractivity contribution in [3.63, 3.8) is 0 Å². The molecule has 29 heavy (non-hydrogen) atoms. The number of halogens is 2. The fraction of sp³-hybridized carbons (Fsp3) is 0.222. The molecule has 2 N–H and O–H groups in total. The Morgan fingerprint density at radius 1 is 1.00 bits per heavy atom. The van der Waals surface area contributed by atoms with Crippen LogP contribution in [0, 0.1) is 5.82 Å². The molecule has 2 aromatic carbocycles. The van der Waals surface area contributed by atoms with Crippen molar-refractivity contribution in [1.82, 2.24) is 4.31 Å². The van der Waals surface area contributed by atoms with Crippen LogP contribution in [0.2, 0.25) is 5.02 Å². The van der Waals surface area contributed by atoms with Gasteiger partial charge in [0.2, 0.25) is 10.0 Å². The smallest absolute Gasteiger partial charge is 0.314 e. The van der Waals surface area contributed by atoms with Crippen molar-refractivity contribution in [3.8, 4) is 0 Å². The third-order valence-corrected chi connectivity index (χ3v) is 6.35. The first kappa shape index (κ1) is 21.2. The largest absolute Gasteiger partial charge is 0.379 e. The highest BCUT2D eigenvalue weighted by Crippen LogP contribution is 2.27. The van der Waals surface area contributed by atoms with Gasteiger partial charge in [-0.2, -0.15) is 4.31 Å². The van der Waals surface area contributed by atoms with Gasteiger partial charge in [-0.3, -0.25) is 9.59 Å². The summed E-state index contributed by atoms with van der Waals surface area (Å²) < 4.78 is 45.5. The maximum Gasteiger partial charge on any atom is 0.314 e. The average Bonchev–Trinajstić information content (AvgIpc) is 2.71. The molecule has 3 rings (SSSR count). The second-order valence-corrected chi connectivity index (χ2v) is 8.39. The highest BCUT2D eigenvalue weighted by Gasteiger charge is 2.27. The summed E-state index contributed by atoms with van der Waals surface area (Å²) in [7, 11) is -3.82. The molecule has 0 saturated carbocycles. The number of amides is 2. The number of ether oxygens (including phenoxy) is 1. The summed E-state index contributed by atoms with van der Waals surface area (Å²) >= 11 is 6.03. The molecule has 0 bridgehead atoms. The molecule has 0 aliphatic carbocycles. The van der Waals surface area contributed by atoms with E-state index in [-0.39, 0.29) is 47.6 Å². The number of carbonyl (C=O) groups is 2. The van der Waals surface area contributed by atoms with Gasteiger partial charge in [0.15, 0.2) is 0 Å². The minimum atomic E-state index is -3.82. The number of nitrogens with zero attached hydrogens (tertiary/aromatic N) is 1. The van der Waals surface area contributed by atoms with Crippen molar-refractivity contribution in [1.29, 1.82) is 0 Å². The molecule has 154 valence electrons. The Morgan fingerprint density at radius 2 is 1.62 bits per heavy atom. The molecule has 8 nitrogen and oxygen atoms in total. The third-order valence-electron chi connectivity index (χ3n) is 4.12. The van der Waals surface area contributed by atoms with Gasteiger partial charge in [0.05, 0.1) is 34.5 Å². The number of benzene rings is 2. The minimum absolute atomic E-state index is 0.0398. The van der Waals surface area contributed by atoms with Crippen LogP contribution in [-0.4, -0.2) is 50.8 Å². The van der Waals surface area contributed by atoms with Crippen LogP contribution in [0.5, 0.6) is 0 Å². The zero-order valence-electron chi connectivity index (χ0n) is 15.0. The molecule has 1 saturated heterocycles. The van der Waals surface area contributed by atoms with Gasteiger partial charge in [-0.05, 0) is 30.3 Å². The Kier molecular flexibility index (Phi) is 6.48. The van der Waals surface area contributed by atoms with Gasteiger partial charge in [0, 0.05) is 13.1 Å². The minimum Gasteiger partial charge on any atom is -0.379 e. The van der Waals surface area contributed by atoms with Crippen LogP contribution in [-0.2, 0) is 24.3 Å². The van der Waals surface area contributed by atoms with E-state index in [9.17, 15) is 22.4 Å². The Hall–Kier alpha value is -2.53. The molecular formula is C18H17ClFN3O5S. The number of rotatable bonds is 4. The van der Waals surface area contributed by atoms with Gasteiger partial charge < -0.3 is 15.4 Å². The third kappa shape index (κ3) is 4.91. The lowest BCUT2D eigenvalue weighted by molar-refractivity contribution is -0.133. The monoisotopic (exact) mass is 441 g/mol. The maximum atomic E-state index is 13.6. The van der Waals surface area contributed by atoms with Crippen molar-refractivity contribution < 1.29 is 27.1 Å². The molecule has 1 aliphatic rings. The number of morpholine rings is 1. The highest BCUT2D eigenvalue weighted by molar-refractivity contribution is 7.89. The van der Waals surface area contributed by atoms with E-state index in [1.54, 1.807) is 0 Å². The first-order valence-corrected chi connectivity index (χ1v) is 10.3. The summed E-state index contributed by atoms with van der Waals surface area (Å²) in [6, 6.07) is 9.13. The van der Waals surface area contributed by atoms with Crippen LogP contribution in [0.4, 0.5) is 15.8 Å². The molecule has 11 heteroatoms. The van der Waals surface area contributed by atoms with Gasteiger partial charge >= 0.3 is 11.8 Å². The average molecular weight is 442 g/mol. The van der Waals surface area contributed by atoms with Crippen molar-refractivity contribution in [2.45, 2.75) is 4.90 Å². The normalized spacial score (nSPS) is 15.0. The van der Waals surface area contributed by atoms with E-state index in [1.165, 1.54) is 40.7 Å². The second-order valence-electron chi connectivity index (χ2n) is 6.05. The fourth-order valence-corrected chi connectivity index (χ4v) is 4.22. The van der Waals surface area contributed by atoms with E-state index in [2.05, 4.69) is 10.6 Å². The van der Waals surface area contributed by atoms with Crippen LogP contribution in [0.25, 0.3) is 0 Å². The number of hydrogen-bond donors (Lipinski definition) is 2. The molecule has 1 aliphatic heterocycles. The van der Waals surface area contributed by atoms with Gasteiger partial charge in [0.1, 0.15) is 5.82 Å². The van der Waals surface area contributed by atoms with Gasteiger partial charge in [-0.1, -0.05) is 23.7 Å². The predicted octanol–water partition coefficient (Wildman–Crippen LogP) is 2.08. The summed E-state index contributed by atoms with van der Waals surface area (Å²) in [4.78, 5) is 24.1. The molecule has 0 unspecified atom stereocenters. The summed E-state index contributed by atoms with van der Waals surface area (Å²) in [5, 5.41) is 4.43. The number of para-hydroxylation sites is 1. The van der Waals surface area contributed by atoms with E-state index in [0.29, 0.717) is 0 Å². The van der Waals surface area contributed by atoms with Crippen molar-refractivity contribution in [3.05, 3.63) is 53.3 Å². The van der Waals surface area contributed by atoms with Crippen molar-refractivity contribution >= 4 is 44.8 Å². The fourth-order valence-electron chi connectivity index (χ4n) is 2.62. The molecular weight excluding hydrogens is 425 g/mol. The van der Waals surface area contributed by atoms with Crippen LogP contribution >= 0.6 is 11.6 Å². The molecule has 0 aromatic heterocycles. The zero-order chi connectivity index (χ0) is 21.0. The van der Waals surface area contributed by atoms with E-state index < -0.39 is 27.7 Å². The van der Waals surface area contributed by atoms with Crippen LogP contribution in [0.15, 0.2) is 47.4 Å². The Labute approximate surface area is 171 Å². The standard InChI is InChI=1S/C18H17ClFN3O5S/c19-13-6-5-12(29(26,27)23-7-9-28-10-8-23)11-16(13)22-18(25)17(24)21-15-4-2-1-3-14(15)20/h1-6,11H,7-10H2,(H,21,24)(H,22,25). The first-order chi connectivity index (χ1) is 13.8. The SMILES string of the molecule is O=C(Nc1ccccc1F)C(=O)Nc1cc(S(=O)(=O)N2CCOCC2)ccc1Cl. The predicted molar refractivity (Wildman–Crippen MR) is 105 cm³/mol. The Balaban J connectivity index is 1.77. The lowest BCUT2D eigenvalue weighted by atomic mass is 10.3. The van der Waals surface area contributed by atoms with Gasteiger partial charge in [0.25, 0.3) is 0 Å². The number of hydrogen-bond acceptors (Lipinski definition) is 5. The Bertz CT molecular complexity index is 1040. The van der Waals surface area contributed by atoms with Gasteiger partial charge in [-0.25, -0.2) is 12.8 Å². The molecule has 0 radical (unpaired) electrons. The number of sulfonamides is 1. The van der Waals surface area contributed by atoms with E-state index in [0.717, 1.165) is 6.07 Å². The van der Waals surface area contributed by atoms with Crippen LogP contribution in [0.1, 0.15) is 0 Å². The first-order valence-electron chi connectivity index (χ1n) is 8.53. The van der Waals surface area contributed by atoms with E-state index in [4.69, 9.17) is 16.3 Å². The molecule has 2 amide bonds. The maximum absolute atomic E-state index is 13.6. The summed E-state index contributed by atoms with van der Waals surface area (Å²) in [6.45, 7) is 0.981. The zero-order valence-corrected chi connectivity index (χ0v) is 16.6. The second kappa shape index (κ2) is 8.87. The number of nitrogens with one attached hydrogen (secondary N) is 2. The van der Waals surface area contributed by atoms with Crippen LogP contribution < -0.4 is 10.6 Å². The number of carbonyl (C=O) groups excluding carboxylic acids is 2. The van der Waals surface area contributed by atoms with E-state index >= 15 is 0 Å². The summed E-state index contributed by atoms with van der Waals surface area (Å²) in [6.07, 6.45) is 0. The summed E-state index contributed by atoms with van der Waals surface area (Å²) in [5.74, 6) is -2.96. The summed E-state index contributed by atoms with van der Waals surface area (Å²) in [5.41, 5.74) is -0.225. The van der Waals surface area contributed by atoms with Gasteiger partial charge in [-0.15, -0.1) is 0 Å². The lowest BCUT2D eigenvalue weighted by Crippen LogP contribution is -2.40. The Morgan fingerprint density at radius 3 is 2.28 bits per heavy atom. The molecule has 2 aromatic rings. The number of anilines is 2. The van der Waals surface area contributed by atoms with E-state index in [1.807, 2.05) is 0 Å². The van der Waals surface area contributed by atoms with Crippen molar-refractivity contribution in [2.75, 3.05) is 36.9 Å².